The Morgan fingerprint density at radius 2 is 1.80 bits per heavy atom. The minimum absolute atomic E-state index is 0.243. The van der Waals surface area contributed by atoms with Gasteiger partial charge in [0.05, 0.1) is 0 Å². The lowest BCUT2D eigenvalue weighted by Gasteiger charge is -2.24. The van der Waals surface area contributed by atoms with E-state index in [9.17, 15) is 9.59 Å². The van der Waals surface area contributed by atoms with Crippen LogP contribution in [0.4, 0.5) is 4.79 Å². The lowest BCUT2D eigenvalue weighted by Crippen LogP contribution is -2.45. The fraction of sp³-hybridized carbons (Fsp3) is 0.857. The van der Waals surface area contributed by atoms with Crippen LogP contribution in [-0.2, 0) is 4.79 Å². The summed E-state index contributed by atoms with van der Waals surface area (Å²) in [6.07, 6.45) is 0.850. The van der Waals surface area contributed by atoms with E-state index in [1.165, 1.54) is 4.90 Å². The lowest BCUT2D eigenvalue weighted by atomic mass is 10.2. The van der Waals surface area contributed by atoms with Gasteiger partial charge in [-0.15, -0.1) is 0 Å². The van der Waals surface area contributed by atoms with Gasteiger partial charge >= 0.3 is 12.0 Å². The summed E-state index contributed by atoms with van der Waals surface area (Å²) < 4.78 is 0. The summed E-state index contributed by atoms with van der Waals surface area (Å²) in [5, 5.41) is 11.6. The smallest absolute Gasteiger partial charge is 0.323 e. The number of carbonyl (C=O) groups excluding carboxylic acids is 1. The van der Waals surface area contributed by atoms with E-state index in [2.05, 4.69) is 24.1 Å². The Kier molecular flexibility index (Phi) is 8.96. The van der Waals surface area contributed by atoms with Gasteiger partial charge in [-0.3, -0.25) is 4.79 Å². The SMILES string of the molecule is CC(C)CN(CC(=O)O)C(=O)NCCCN(C)C(C)C. The summed E-state index contributed by atoms with van der Waals surface area (Å²) in [6.45, 7) is 9.82. The van der Waals surface area contributed by atoms with E-state index >= 15 is 0 Å². The van der Waals surface area contributed by atoms with Crippen molar-refractivity contribution < 1.29 is 14.7 Å². The molecule has 0 radical (unpaired) electrons. The molecule has 0 saturated heterocycles. The van der Waals surface area contributed by atoms with Crippen LogP contribution in [0.5, 0.6) is 0 Å². The molecular formula is C14H29N3O3. The number of carbonyl (C=O) groups is 2. The highest BCUT2D eigenvalue weighted by Crippen LogP contribution is 2.00. The molecule has 118 valence electrons. The molecule has 0 aromatic rings. The van der Waals surface area contributed by atoms with Gasteiger partial charge in [-0.05, 0) is 39.8 Å². The van der Waals surface area contributed by atoms with Crippen LogP contribution in [0.25, 0.3) is 0 Å². The minimum atomic E-state index is -0.986. The van der Waals surface area contributed by atoms with Crippen molar-refractivity contribution in [1.82, 2.24) is 15.1 Å². The molecule has 0 heterocycles. The van der Waals surface area contributed by atoms with E-state index in [1.54, 1.807) is 0 Å². The van der Waals surface area contributed by atoms with Crippen molar-refractivity contribution in [1.29, 1.82) is 0 Å². The fourth-order valence-corrected chi connectivity index (χ4v) is 1.72. The van der Waals surface area contributed by atoms with Gasteiger partial charge in [-0.2, -0.15) is 0 Å². The van der Waals surface area contributed by atoms with Gasteiger partial charge < -0.3 is 20.2 Å². The summed E-state index contributed by atoms with van der Waals surface area (Å²) in [7, 11) is 2.04. The number of rotatable bonds is 9. The van der Waals surface area contributed by atoms with Gasteiger partial charge in [-0.1, -0.05) is 13.8 Å². The number of carboxylic acids is 1. The van der Waals surface area contributed by atoms with E-state index in [4.69, 9.17) is 5.11 Å². The number of amides is 2. The van der Waals surface area contributed by atoms with Crippen LogP contribution in [0.15, 0.2) is 0 Å². The Balaban J connectivity index is 4.09. The van der Waals surface area contributed by atoms with E-state index in [0.29, 0.717) is 19.1 Å². The third-order valence-electron chi connectivity index (χ3n) is 3.04. The first-order valence-corrected chi connectivity index (χ1v) is 7.18. The molecule has 2 amide bonds. The van der Waals surface area contributed by atoms with Crippen molar-refractivity contribution >= 4 is 12.0 Å². The predicted molar refractivity (Wildman–Crippen MR) is 79.8 cm³/mol. The van der Waals surface area contributed by atoms with Crippen LogP contribution in [0.3, 0.4) is 0 Å². The average Bonchev–Trinajstić information content (AvgIpc) is 2.31. The van der Waals surface area contributed by atoms with E-state index in [-0.39, 0.29) is 18.5 Å². The number of nitrogens with one attached hydrogen (secondary N) is 1. The number of hydrogen-bond acceptors (Lipinski definition) is 3. The molecule has 2 N–H and O–H groups in total. The normalized spacial score (nSPS) is 11.2. The molecule has 6 nitrogen and oxygen atoms in total. The zero-order valence-corrected chi connectivity index (χ0v) is 13.3. The zero-order chi connectivity index (χ0) is 15.7. The van der Waals surface area contributed by atoms with Gasteiger partial charge in [0.1, 0.15) is 6.54 Å². The Morgan fingerprint density at radius 3 is 2.25 bits per heavy atom. The molecule has 0 bridgehead atoms. The van der Waals surface area contributed by atoms with Crippen molar-refractivity contribution in [3.63, 3.8) is 0 Å². The van der Waals surface area contributed by atoms with E-state index in [1.807, 2.05) is 20.9 Å². The van der Waals surface area contributed by atoms with Gasteiger partial charge in [0.15, 0.2) is 0 Å². The third kappa shape index (κ3) is 8.74. The second kappa shape index (κ2) is 9.58. The molecule has 0 aliphatic carbocycles. The fourth-order valence-electron chi connectivity index (χ4n) is 1.72. The lowest BCUT2D eigenvalue weighted by molar-refractivity contribution is -0.137. The molecular weight excluding hydrogens is 258 g/mol. The molecule has 0 saturated carbocycles. The summed E-state index contributed by atoms with van der Waals surface area (Å²) >= 11 is 0. The van der Waals surface area contributed by atoms with Crippen LogP contribution in [-0.4, -0.2) is 66.2 Å². The van der Waals surface area contributed by atoms with Gasteiger partial charge in [0, 0.05) is 19.1 Å². The highest BCUT2D eigenvalue weighted by molar-refractivity contribution is 5.80. The van der Waals surface area contributed by atoms with Gasteiger partial charge in [0.2, 0.25) is 0 Å². The van der Waals surface area contributed by atoms with Crippen LogP contribution in [0.1, 0.15) is 34.1 Å². The molecule has 0 atom stereocenters. The number of hydrogen-bond donors (Lipinski definition) is 2. The maximum absolute atomic E-state index is 11.9. The van der Waals surface area contributed by atoms with Crippen molar-refractivity contribution in [2.45, 2.75) is 40.2 Å². The Morgan fingerprint density at radius 1 is 1.20 bits per heavy atom. The Bertz CT molecular complexity index is 306. The molecule has 0 fully saturated rings. The number of aliphatic carboxylic acids is 1. The number of urea groups is 1. The Hall–Kier alpha value is -1.30. The van der Waals surface area contributed by atoms with Crippen molar-refractivity contribution in [2.75, 3.05) is 33.2 Å². The zero-order valence-electron chi connectivity index (χ0n) is 13.3. The molecule has 0 aromatic heterocycles. The molecule has 0 aliphatic rings. The predicted octanol–water partition coefficient (Wildman–Crippen LogP) is 1.47. The first kappa shape index (κ1) is 18.7. The first-order valence-electron chi connectivity index (χ1n) is 7.18. The summed E-state index contributed by atoms with van der Waals surface area (Å²) in [5.74, 6) is -0.743. The van der Waals surface area contributed by atoms with Crippen LogP contribution in [0.2, 0.25) is 0 Å². The molecule has 20 heavy (non-hydrogen) atoms. The van der Waals surface area contributed by atoms with Crippen molar-refractivity contribution in [3.05, 3.63) is 0 Å². The van der Waals surface area contributed by atoms with Crippen LogP contribution >= 0.6 is 0 Å². The van der Waals surface area contributed by atoms with Crippen LogP contribution < -0.4 is 5.32 Å². The summed E-state index contributed by atoms with van der Waals surface area (Å²) in [5.41, 5.74) is 0. The topological polar surface area (TPSA) is 72.9 Å². The second-order valence-electron chi connectivity index (χ2n) is 5.83. The standard InChI is InChI=1S/C14H29N3O3/c1-11(2)9-17(10-13(18)19)14(20)15-7-6-8-16(5)12(3)4/h11-12H,6-10H2,1-5H3,(H,15,20)(H,18,19). The van der Waals surface area contributed by atoms with Crippen molar-refractivity contribution in [2.24, 2.45) is 5.92 Å². The largest absolute Gasteiger partial charge is 0.480 e. The third-order valence-corrected chi connectivity index (χ3v) is 3.04. The maximum Gasteiger partial charge on any atom is 0.323 e. The highest BCUT2D eigenvalue weighted by Gasteiger charge is 2.17. The quantitative estimate of drug-likeness (QED) is 0.630. The molecule has 6 heteroatoms. The molecule has 0 rings (SSSR count). The number of carboxylic acid groups (broad SMARTS) is 1. The second-order valence-corrected chi connectivity index (χ2v) is 5.83. The van der Waals surface area contributed by atoms with E-state index < -0.39 is 5.97 Å². The molecule has 0 aliphatic heterocycles. The average molecular weight is 287 g/mol. The minimum Gasteiger partial charge on any atom is -0.480 e. The monoisotopic (exact) mass is 287 g/mol. The van der Waals surface area contributed by atoms with Gasteiger partial charge in [0.25, 0.3) is 0 Å². The van der Waals surface area contributed by atoms with Crippen molar-refractivity contribution in [3.8, 4) is 0 Å². The number of nitrogens with zero attached hydrogens (tertiary/aromatic N) is 2. The molecule has 0 unspecified atom stereocenters. The highest BCUT2D eigenvalue weighted by atomic mass is 16.4. The Labute approximate surface area is 122 Å². The van der Waals surface area contributed by atoms with Crippen LogP contribution in [0, 0.1) is 5.92 Å². The summed E-state index contributed by atoms with van der Waals surface area (Å²) in [4.78, 5) is 26.2. The van der Waals surface area contributed by atoms with E-state index in [0.717, 1.165) is 13.0 Å². The first-order chi connectivity index (χ1) is 9.23. The van der Waals surface area contributed by atoms with Gasteiger partial charge in [-0.25, -0.2) is 4.79 Å². The summed E-state index contributed by atoms with van der Waals surface area (Å²) in [6, 6.07) is 0.184. The molecule has 0 aromatic carbocycles. The maximum atomic E-state index is 11.9. The molecule has 0 spiro atoms.